The molecule has 1 amide bonds. The van der Waals surface area contributed by atoms with Crippen LogP contribution in [-0.2, 0) is 11.3 Å². The van der Waals surface area contributed by atoms with Crippen LogP contribution in [0.1, 0.15) is 37.3 Å². The summed E-state index contributed by atoms with van der Waals surface area (Å²) in [7, 11) is 0. The minimum Gasteiger partial charge on any atom is -0.484 e. The van der Waals surface area contributed by atoms with E-state index in [4.69, 9.17) is 4.74 Å². The number of benzene rings is 1. The molecule has 1 aliphatic heterocycles. The summed E-state index contributed by atoms with van der Waals surface area (Å²) in [6.07, 6.45) is -2.05. The average Bonchev–Trinajstić information content (AvgIpc) is 3.06. The van der Waals surface area contributed by atoms with Crippen LogP contribution in [0.2, 0.25) is 0 Å². The van der Waals surface area contributed by atoms with E-state index in [0.29, 0.717) is 37.6 Å². The molecule has 1 fully saturated rings. The van der Waals surface area contributed by atoms with Gasteiger partial charge in [0.15, 0.2) is 12.6 Å². The maximum absolute atomic E-state index is 12.5. The highest BCUT2D eigenvalue weighted by Crippen LogP contribution is 2.24. The Bertz CT molecular complexity index is 714. The van der Waals surface area contributed by atoms with Crippen molar-refractivity contribution < 1.29 is 22.7 Å². The number of ether oxygens (including phenoxy) is 1. The van der Waals surface area contributed by atoms with Crippen LogP contribution in [0.25, 0.3) is 0 Å². The molecule has 0 spiro atoms. The lowest BCUT2D eigenvalue weighted by molar-refractivity contribution is -0.153. The number of halogens is 4. The predicted octanol–water partition coefficient (Wildman–Crippen LogP) is 3.62. The van der Waals surface area contributed by atoms with Crippen molar-refractivity contribution in [2.24, 2.45) is 4.99 Å². The van der Waals surface area contributed by atoms with Gasteiger partial charge >= 0.3 is 6.18 Å². The summed E-state index contributed by atoms with van der Waals surface area (Å²) in [5.41, 5.74) is 1.40. The molecule has 0 saturated carbocycles. The molecule has 10 heteroatoms. The Labute approximate surface area is 192 Å². The highest BCUT2D eigenvalue weighted by Gasteiger charge is 2.28. The molecule has 1 aromatic rings. The van der Waals surface area contributed by atoms with Gasteiger partial charge in [0.05, 0.1) is 6.54 Å². The number of rotatable bonds is 9. The van der Waals surface area contributed by atoms with Gasteiger partial charge in [0.25, 0.3) is 0 Å². The molecular weight excluding hydrogens is 512 g/mol. The van der Waals surface area contributed by atoms with E-state index < -0.39 is 12.8 Å². The van der Waals surface area contributed by atoms with Crippen LogP contribution in [0.4, 0.5) is 13.2 Å². The van der Waals surface area contributed by atoms with Crippen molar-refractivity contribution in [2.75, 3.05) is 32.8 Å². The monoisotopic (exact) mass is 542 g/mol. The fourth-order valence-electron chi connectivity index (χ4n) is 3.01. The number of guanidine groups is 1. The lowest BCUT2D eigenvalue weighted by atomic mass is 10.1. The van der Waals surface area contributed by atoms with Crippen LogP contribution in [0.3, 0.4) is 0 Å². The van der Waals surface area contributed by atoms with E-state index in [1.165, 1.54) is 0 Å². The van der Waals surface area contributed by atoms with Crippen molar-refractivity contribution in [3.8, 4) is 5.75 Å². The fraction of sp³-hybridized carbons (Fsp3) is 0.600. The lowest BCUT2D eigenvalue weighted by Crippen LogP contribution is -2.39. The quantitative estimate of drug-likeness (QED) is 0.217. The molecular formula is C20H30F3IN4O2. The van der Waals surface area contributed by atoms with Crippen molar-refractivity contribution >= 4 is 35.8 Å². The first-order valence-corrected chi connectivity index (χ1v) is 9.87. The summed E-state index contributed by atoms with van der Waals surface area (Å²) in [6, 6.07) is 5.13. The number of nitrogens with zero attached hydrogens (tertiary/aromatic N) is 2. The number of carbonyl (C=O) groups excluding carboxylic acids is 1. The molecule has 6 nitrogen and oxygen atoms in total. The molecule has 0 aliphatic carbocycles. The number of aliphatic imine (C=N–C) groups is 1. The first-order chi connectivity index (χ1) is 13.8. The zero-order chi connectivity index (χ0) is 21.3. The van der Waals surface area contributed by atoms with Gasteiger partial charge in [0.1, 0.15) is 5.75 Å². The molecule has 0 unspecified atom stereocenters. The van der Waals surface area contributed by atoms with Crippen molar-refractivity contribution in [3.05, 3.63) is 29.3 Å². The van der Waals surface area contributed by atoms with E-state index in [1.54, 1.807) is 19.1 Å². The number of alkyl halides is 3. The molecule has 1 aromatic carbocycles. The molecule has 30 heavy (non-hydrogen) atoms. The smallest absolute Gasteiger partial charge is 0.422 e. The molecule has 2 N–H and O–H groups in total. The largest absolute Gasteiger partial charge is 0.484 e. The Balaban J connectivity index is 0.00000450. The second-order valence-corrected chi connectivity index (χ2v) is 6.97. The van der Waals surface area contributed by atoms with E-state index in [-0.39, 0.29) is 42.2 Å². The van der Waals surface area contributed by atoms with Gasteiger partial charge in [-0.1, -0.05) is 12.1 Å². The zero-order valence-corrected chi connectivity index (χ0v) is 19.7. The number of aryl methyl sites for hydroxylation is 1. The molecule has 170 valence electrons. The Kier molecular flexibility index (Phi) is 11.3. The third-order valence-corrected chi connectivity index (χ3v) is 4.43. The van der Waals surface area contributed by atoms with Gasteiger partial charge in [-0.2, -0.15) is 13.2 Å². The van der Waals surface area contributed by atoms with Crippen LogP contribution >= 0.6 is 24.0 Å². The van der Waals surface area contributed by atoms with E-state index >= 15 is 0 Å². The third-order valence-electron chi connectivity index (χ3n) is 4.43. The van der Waals surface area contributed by atoms with Crippen molar-refractivity contribution in [1.82, 2.24) is 15.5 Å². The third kappa shape index (κ3) is 9.40. The van der Waals surface area contributed by atoms with Crippen LogP contribution in [0.5, 0.6) is 5.75 Å². The van der Waals surface area contributed by atoms with Crippen molar-refractivity contribution in [3.63, 3.8) is 0 Å². The number of nitrogens with one attached hydrogen (secondary N) is 2. The summed E-state index contributed by atoms with van der Waals surface area (Å²) in [5.74, 6) is 0.966. The second-order valence-electron chi connectivity index (χ2n) is 6.97. The van der Waals surface area contributed by atoms with Gasteiger partial charge in [0, 0.05) is 38.2 Å². The summed E-state index contributed by atoms with van der Waals surface area (Å²) in [6.45, 7) is 5.41. The fourth-order valence-corrected chi connectivity index (χ4v) is 3.01. The molecule has 1 saturated heterocycles. The van der Waals surface area contributed by atoms with E-state index in [9.17, 15) is 18.0 Å². The number of likely N-dealkylation sites (tertiary alicyclic amines) is 1. The van der Waals surface area contributed by atoms with Crippen LogP contribution in [0, 0.1) is 6.92 Å². The predicted molar refractivity (Wildman–Crippen MR) is 121 cm³/mol. The first-order valence-electron chi connectivity index (χ1n) is 9.87. The maximum Gasteiger partial charge on any atom is 0.422 e. The zero-order valence-electron chi connectivity index (χ0n) is 17.3. The summed E-state index contributed by atoms with van der Waals surface area (Å²) < 4.78 is 42.5. The highest BCUT2D eigenvalue weighted by molar-refractivity contribution is 14.0. The van der Waals surface area contributed by atoms with Gasteiger partial charge in [0.2, 0.25) is 5.91 Å². The molecule has 1 heterocycles. The van der Waals surface area contributed by atoms with Crippen molar-refractivity contribution in [2.45, 2.75) is 45.8 Å². The average molecular weight is 542 g/mol. The number of hydrogen-bond donors (Lipinski definition) is 2. The number of carbonyl (C=O) groups is 1. The van der Waals surface area contributed by atoms with E-state index in [1.807, 2.05) is 17.9 Å². The summed E-state index contributed by atoms with van der Waals surface area (Å²) >= 11 is 0. The van der Waals surface area contributed by atoms with Crippen LogP contribution in [-0.4, -0.2) is 55.7 Å². The lowest BCUT2D eigenvalue weighted by Gasteiger charge is -2.17. The molecule has 2 rings (SSSR count). The van der Waals surface area contributed by atoms with Gasteiger partial charge in [-0.25, -0.2) is 4.99 Å². The molecule has 0 atom stereocenters. The van der Waals surface area contributed by atoms with E-state index in [0.717, 1.165) is 24.9 Å². The molecule has 1 aliphatic rings. The first kappa shape index (κ1) is 26.3. The Hall–Kier alpha value is -1.72. The Morgan fingerprint density at radius 1 is 1.30 bits per heavy atom. The second kappa shape index (κ2) is 12.9. The highest BCUT2D eigenvalue weighted by atomic mass is 127. The maximum atomic E-state index is 12.5. The number of hydrogen-bond acceptors (Lipinski definition) is 3. The van der Waals surface area contributed by atoms with Crippen molar-refractivity contribution in [1.29, 1.82) is 0 Å². The van der Waals surface area contributed by atoms with E-state index in [2.05, 4.69) is 15.6 Å². The minimum absolute atomic E-state index is 0. The topological polar surface area (TPSA) is 66.0 Å². The summed E-state index contributed by atoms with van der Waals surface area (Å²) in [4.78, 5) is 17.9. The van der Waals surface area contributed by atoms with Gasteiger partial charge in [-0.3, -0.25) is 4.79 Å². The standard InChI is InChI=1S/C20H29F3N4O2.HI/c1-3-24-19(25-9-5-11-27-10-4-6-18(27)28)26-13-16-8-7-15(2)12-17(16)29-14-20(21,22)23;/h7-8,12H,3-6,9-11,13-14H2,1-2H3,(H2,24,25,26);1H. The Morgan fingerprint density at radius 2 is 2.07 bits per heavy atom. The summed E-state index contributed by atoms with van der Waals surface area (Å²) in [5, 5.41) is 6.31. The minimum atomic E-state index is -4.39. The van der Waals surface area contributed by atoms with Gasteiger partial charge in [-0.05, 0) is 38.3 Å². The van der Waals surface area contributed by atoms with Crippen LogP contribution in [0.15, 0.2) is 23.2 Å². The normalized spacial score (nSPS) is 14.5. The van der Waals surface area contributed by atoms with Gasteiger partial charge < -0.3 is 20.3 Å². The van der Waals surface area contributed by atoms with Crippen LogP contribution < -0.4 is 15.4 Å². The van der Waals surface area contributed by atoms with Gasteiger partial charge in [-0.15, -0.1) is 24.0 Å². The Morgan fingerprint density at radius 3 is 2.70 bits per heavy atom. The SMILES string of the molecule is CCNC(=NCc1ccc(C)cc1OCC(F)(F)F)NCCCN1CCCC1=O.I. The molecule has 0 radical (unpaired) electrons. The molecule has 0 bridgehead atoms. The number of amides is 1. The molecule has 0 aromatic heterocycles.